The normalized spacial score (nSPS) is 15.1. The van der Waals surface area contributed by atoms with E-state index < -0.39 is 5.97 Å². The lowest BCUT2D eigenvalue weighted by Gasteiger charge is -2.09. The van der Waals surface area contributed by atoms with Crippen LogP contribution in [0.3, 0.4) is 0 Å². The van der Waals surface area contributed by atoms with Gasteiger partial charge >= 0.3 is 5.97 Å². The van der Waals surface area contributed by atoms with Crippen LogP contribution in [0.15, 0.2) is 24.3 Å². The molecule has 3 nitrogen and oxygen atoms in total. The maximum Gasteiger partial charge on any atom is 0.335 e. The second kappa shape index (κ2) is 10.4. The van der Waals surface area contributed by atoms with Crippen molar-refractivity contribution in [2.45, 2.75) is 64.2 Å². The molecule has 1 aromatic carbocycles. The fraction of sp³-hybridized carbons (Fsp3) is 0.650. The number of hydrogen-bond donors (Lipinski definition) is 1. The van der Waals surface area contributed by atoms with Crippen LogP contribution in [-0.2, 0) is 11.2 Å². The second-order valence-electron chi connectivity index (χ2n) is 6.75. The number of ether oxygens (including phenoxy) is 1. The topological polar surface area (TPSA) is 46.5 Å². The van der Waals surface area contributed by atoms with Gasteiger partial charge in [-0.25, -0.2) is 4.79 Å². The molecule has 0 amide bonds. The maximum atomic E-state index is 10.8. The van der Waals surface area contributed by atoms with E-state index in [-0.39, 0.29) is 0 Å². The molecule has 3 heteroatoms. The zero-order chi connectivity index (χ0) is 16.3. The molecule has 0 spiro atoms. The summed E-state index contributed by atoms with van der Waals surface area (Å²) in [5.41, 5.74) is 1.60. The Balaban J connectivity index is 1.42. The second-order valence-corrected chi connectivity index (χ2v) is 6.75. The SMILES string of the molecule is O=C(O)c1ccc(CCCCCCCOCC2CCCC2)cc1. The van der Waals surface area contributed by atoms with Crippen LogP contribution < -0.4 is 0 Å². The summed E-state index contributed by atoms with van der Waals surface area (Å²) < 4.78 is 5.78. The first-order valence-electron chi connectivity index (χ1n) is 9.15. The molecule has 0 saturated heterocycles. The number of carboxylic acids is 1. The number of aromatic carboxylic acids is 1. The number of carboxylic acid groups (broad SMARTS) is 1. The van der Waals surface area contributed by atoms with Crippen molar-refractivity contribution in [1.82, 2.24) is 0 Å². The minimum absolute atomic E-state index is 0.367. The van der Waals surface area contributed by atoms with Crippen molar-refractivity contribution >= 4 is 5.97 Å². The molecule has 0 bridgehead atoms. The van der Waals surface area contributed by atoms with Gasteiger partial charge in [-0.2, -0.15) is 0 Å². The number of carbonyl (C=O) groups is 1. The zero-order valence-corrected chi connectivity index (χ0v) is 14.1. The van der Waals surface area contributed by atoms with Crippen LogP contribution in [-0.4, -0.2) is 24.3 Å². The highest BCUT2D eigenvalue weighted by Gasteiger charge is 2.14. The number of aryl methyl sites for hydroxylation is 1. The lowest BCUT2D eigenvalue weighted by atomic mass is 10.0. The first-order valence-corrected chi connectivity index (χ1v) is 9.15. The Morgan fingerprint density at radius 3 is 2.35 bits per heavy atom. The number of benzene rings is 1. The molecule has 0 radical (unpaired) electrons. The average molecular weight is 318 g/mol. The van der Waals surface area contributed by atoms with Gasteiger partial charge in [-0.1, -0.05) is 44.2 Å². The molecule has 2 rings (SSSR count). The van der Waals surface area contributed by atoms with E-state index in [0.717, 1.165) is 25.6 Å². The van der Waals surface area contributed by atoms with Crippen molar-refractivity contribution in [2.75, 3.05) is 13.2 Å². The van der Waals surface area contributed by atoms with Crippen LogP contribution in [0.5, 0.6) is 0 Å². The lowest BCUT2D eigenvalue weighted by molar-refractivity contribution is 0.0697. The third-order valence-electron chi connectivity index (χ3n) is 4.78. The third-order valence-corrected chi connectivity index (χ3v) is 4.78. The highest BCUT2D eigenvalue weighted by atomic mass is 16.5. The van der Waals surface area contributed by atoms with E-state index in [1.807, 2.05) is 12.1 Å². The van der Waals surface area contributed by atoms with Crippen molar-refractivity contribution in [1.29, 1.82) is 0 Å². The molecular formula is C20H30O3. The summed E-state index contributed by atoms with van der Waals surface area (Å²) in [7, 11) is 0. The summed E-state index contributed by atoms with van der Waals surface area (Å²) in [5, 5.41) is 8.86. The standard InChI is InChI=1S/C20H30O3/c21-20(22)19-13-11-17(12-14-19)8-4-2-1-3-7-15-23-16-18-9-5-6-10-18/h11-14,18H,1-10,15-16H2,(H,21,22). The van der Waals surface area contributed by atoms with Crippen molar-refractivity contribution in [2.24, 2.45) is 5.92 Å². The van der Waals surface area contributed by atoms with Crippen LogP contribution in [0.2, 0.25) is 0 Å². The van der Waals surface area contributed by atoms with Gasteiger partial charge in [-0.15, -0.1) is 0 Å². The predicted molar refractivity (Wildman–Crippen MR) is 93.0 cm³/mol. The molecule has 1 aliphatic rings. The Bertz CT molecular complexity index is 446. The highest BCUT2D eigenvalue weighted by molar-refractivity contribution is 5.87. The lowest BCUT2D eigenvalue weighted by Crippen LogP contribution is -2.06. The van der Waals surface area contributed by atoms with Crippen LogP contribution in [0.1, 0.15) is 73.7 Å². The van der Waals surface area contributed by atoms with Gasteiger partial charge in [-0.3, -0.25) is 0 Å². The third kappa shape index (κ3) is 7.17. The summed E-state index contributed by atoms with van der Waals surface area (Å²) >= 11 is 0. The van der Waals surface area contributed by atoms with E-state index in [4.69, 9.17) is 9.84 Å². The van der Waals surface area contributed by atoms with Gasteiger partial charge in [0.25, 0.3) is 0 Å². The summed E-state index contributed by atoms with van der Waals surface area (Å²) in [5.74, 6) is -0.0192. The number of rotatable bonds is 11. The highest BCUT2D eigenvalue weighted by Crippen LogP contribution is 2.24. The van der Waals surface area contributed by atoms with Crippen molar-refractivity contribution < 1.29 is 14.6 Å². The largest absolute Gasteiger partial charge is 0.478 e. The number of unbranched alkanes of at least 4 members (excludes halogenated alkanes) is 4. The van der Waals surface area contributed by atoms with Gasteiger partial charge in [0, 0.05) is 13.2 Å². The van der Waals surface area contributed by atoms with Gasteiger partial charge in [0.15, 0.2) is 0 Å². The molecule has 0 aromatic heterocycles. The Morgan fingerprint density at radius 2 is 1.65 bits per heavy atom. The van der Waals surface area contributed by atoms with Crippen molar-refractivity contribution in [3.05, 3.63) is 35.4 Å². The Morgan fingerprint density at radius 1 is 1.00 bits per heavy atom. The molecule has 1 fully saturated rings. The first kappa shape index (κ1) is 18.0. The summed E-state index contributed by atoms with van der Waals surface area (Å²) in [6, 6.07) is 7.25. The van der Waals surface area contributed by atoms with E-state index in [2.05, 4.69) is 0 Å². The van der Waals surface area contributed by atoms with E-state index >= 15 is 0 Å². The molecule has 0 atom stereocenters. The van der Waals surface area contributed by atoms with E-state index in [0.29, 0.717) is 5.56 Å². The predicted octanol–water partition coefficient (Wildman–Crippen LogP) is 5.08. The number of hydrogen-bond acceptors (Lipinski definition) is 2. The molecule has 0 unspecified atom stereocenters. The summed E-state index contributed by atoms with van der Waals surface area (Å²) in [6.45, 7) is 1.90. The Labute approximate surface area is 140 Å². The van der Waals surface area contributed by atoms with E-state index in [1.54, 1.807) is 12.1 Å². The quantitative estimate of drug-likeness (QED) is 0.578. The molecule has 1 N–H and O–H groups in total. The molecule has 1 saturated carbocycles. The van der Waals surface area contributed by atoms with Crippen molar-refractivity contribution in [3.63, 3.8) is 0 Å². The van der Waals surface area contributed by atoms with Gasteiger partial charge in [0.2, 0.25) is 0 Å². The van der Waals surface area contributed by atoms with Crippen LogP contribution in [0.25, 0.3) is 0 Å². The van der Waals surface area contributed by atoms with Crippen LogP contribution >= 0.6 is 0 Å². The zero-order valence-electron chi connectivity index (χ0n) is 14.1. The maximum absolute atomic E-state index is 10.8. The van der Waals surface area contributed by atoms with E-state index in [9.17, 15) is 4.79 Å². The summed E-state index contributed by atoms with van der Waals surface area (Å²) in [4.78, 5) is 10.8. The Kier molecular flexibility index (Phi) is 8.16. The van der Waals surface area contributed by atoms with Gasteiger partial charge in [0.05, 0.1) is 5.56 Å². The average Bonchev–Trinajstić information content (AvgIpc) is 3.07. The molecule has 1 aromatic rings. The monoisotopic (exact) mass is 318 g/mol. The fourth-order valence-electron chi connectivity index (χ4n) is 3.30. The van der Waals surface area contributed by atoms with Gasteiger partial charge in [-0.05, 0) is 55.7 Å². The molecule has 23 heavy (non-hydrogen) atoms. The van der Waals surface area contributed by atoms with Gasteiger partial charge in [0.1, 0.15) is 0 Å². The molecule has 0 heterocycles. The molecule has 1 aliphatic carbocycles. The fourth-order valence-corrected chi connectivity index (χ4v) is 3.30. The van der Waals surface area contributed by atoms with Crippen LogP contribution in [0, 0.1) is 5.92 Å². The summed E-state index contributed by atoms with van der Waals surface area (Å²) in [6.07, 6.45) is 12.7. The van der Waals surface area contributed by atoms with Crippen LogP contribution in [0.4, 0.5) is 0 Å². The smallest absolute Gasteiger partial charge is 0.335 e. The first-order chi connectivity index (χ1) is 11.3. The molecule has 128 valence electrons. The Hall–Kier alpha value is -1.35. The van der Waals surface area contributed by atoms with E-state index in [1.165, 1.54) is 63.4 Å². The van der Waals surface area contributed by atoms with Crippen molar-refractivity contribution in [3.8, 4) is 0 Å². The minimum Gasteiger partial charge on any atom is -0.478 e. The molecule has 0 aliphatic heterocycles. The minimum atomic E-state index is -0.855. The molecular weight excluding hydrogens is 288 g/mol. The van der Waals surface area contributed by atoms with Gasteiger partial charge < -0.3 is 9.84 Å².